The molecular weight excluding hydrogens is 506 g/mol. The number of fused-ring (bicyclic) bond motifs is 3. The number of hydrogen-bond donors (Lipinski definition) is 0. The first-order valence-electron chi connectivity index (χ1n) is 13.6. The van der Waals surface area contributed by atoms with E-state index in [2.05, 4.69) is 59.5 Å². The van der Waals surface area contributed by atoms with E-state index in [4.69, 9.17) is 14.5 Å². The molecule has 0 aromatic heterocycles. The number of ether oxygens (including phenoxy) is 2. The van der Waals surface area contributed by atoms with Crippen LogP contribution >= 0.6 is 0 Å². The number of nitriles is 1. The molecule has 1 heterocycles. The highest BCUT2D eigenvalue weighted by Gasteiger charge is 2.32. The van der Waals surface area contributed by atoms with Crippen LogP contribution in [0.15, 0.2) is 138 Å². The van der Waals surface area contributed by atoms with Crippen molar-refractivity contribution < 1.29 is 9.47 Å². The van der Waals surface area contributed by atoms with Crippen LogP contribution in [0.25, 0.3) is 10.8 Å². The maximum Gasteiger partial charge on any atom is 0.235 e. The second-order valence-electron chi connectivity index (χ2n) is 9.96. The van der Waals surface area contributed by atoms with Crippen LogP contribution in [0.1, 0.15) is 28.2 Å². The summed E-state index contributed by atoms with van der Waals surface area (Å²) in [5.41, 5.74) is 4.71. The number of rotatable bonds is 8. The Hall–Kier alpha value is -5.34. The van der Waals surface area contributed by atoms with Gasteiger partial charge in [-0.05, 0) is 34.2 Å². The molecule has 41 heavy (non-hydrogen) atoms. The van der Waals surface area contributed by atoms with Crippen molar-refractivity contribution in [1.29, 1.82) is 5.26 Å². The fourth-order valence-electron chi connectivity index (χ4n) is 5.29. The summed E-state index contributed by atoms with van der Waals surface area (Å²) in [4.78, 5) is 6.99. The Morgan fingerprint density at radius 3 is 2.07 bits per heavy atom. The first kappa shape index (κ1) is 25.9. The van der Waals surface area contributed by atoms with Crippen LogP contribution in [0.4, 0.5) is 0 Å². The fourth-order valence-corrected chi connectivity index (χ4v) is 5.29. The molecule has 0 saturated heterocycles. The molecule has 0 spiro atoms. The summed E-state index contributed by atoms with van der Waals surface area (Å²) in [6.45, 7) is 1.33. The van der Waals surface area contributed by atoms with Gasteiger partial charge in [0.1, 0.15) is 23.1 Å². The lowest BCUT2D eigenvalue weighted by Crippen LogP contribution is -2.22. The molecule has 1 atom stereocenters. The van der Waals surface area contributed by atoms with Crippen molar-refractivity contribution in [2.24, 2.45) is 4.99 Å². The van der Waals surface area contributed by atoms with E-state index in [9.17, 15) is 5.26 Å². The third-order valence-electron chi connectivity index (χ3n) is 7.30. The Morgan fingerprint density at radius 1 is 0.805 bits per heavy atom. The molecule has 0 fully saturated rings. The predicted octanol–water partition coefficient (Wildman–Crippen LogP) is 7.84. The lowest BCUT2D eigenvalue weighted by molar-refractivity contribution is 0.387. The van der Waals surface area contributed by atoms with E-state index in [-0.39, 0.29) is 5.92 Å². The van der Waals surface area contributed by atoms with E-state index >= 15 is 0 Å². The smallest absolute Gasteiger partial charge is 0.235 e. The molecule has 5 nitrogen and oxygen atoms in total. The van der Waals surface area contributed by atoms with Gasteiger partial charge in [0.15, 0.2) is 0 Å². The number of methoxy groups -OCH3 is 1. The van der Waals surface area contributed by atoms with E-state index in [0.29, 0.717) is 24.5 Å². The molecule has 1 unspecified atom stereocenters. The molecule has 5 aromatic rings. The van der Waals surface area contributed by atoms with Gasteiger partial charge in [0.05, 0.1) is 19.4 Å². The van der Waals surface area contributed by atoms with Gasteiger partial charge in [0.25, 0.3) is 0 Å². The molecule has 5 aromatic carbocycles. The Bertz CT molecular complexity index is 1710. The van der Waals surface area contributed by atoms with Crippen molar-refractivity contribution in [3.8, 4) is 17.6 Å². The lowest BCUT2D eigenvalue weighted by atomic mass is 9.82. The molecule has 5 heteroatoms. The van der Waals surface area contributed by atoms with Gasteiger partial charge in [-0.1, -0.05) is 109 Å². The molecule has 200 valence electrons. The first-order valence-corrected chi connectivity index (χ1v) is 13.6. The second kappa shape index (κ2) is 11.8. The van der Waals surface area contributed by atoms with Gasteiger partial charge in [-0.3, -0.25) is 0 Å². The Balaban J connectivity index is 1.44. The third-order valence-corrected chi connectivity index (χ3v) is 7.30. The van der Waals surface area contributed by atoms with Gasteiger partial charge in [-0.25, -0.2) is 4.99 Å². The highest BCUT2D eigenvalue weighted by molar-refractivity contribution is 5.91. The Kier molecular flexibility index (Phi) is 7.46. The molecule has 1 aliphatic heterocycles. The van der Waals surface area contributed by atoms with Crippen molar-refractivity contribution in [3.05, 3.63) is 155 Å². The maximum absolute atomic E-state index is 10.5. The minimum atomic E-state index is -0.330. The van der Waals surface area contributed by atoms with Crippen LogP contribution < -0.4 is 9.47 Å². The summed E-state index contributed by atoms with van der Waals surface area (Å²) in [6, 6.07) is 43.1. The van der Waals surface area contributed by atoms with Crippen LogP contribution in [-0.2, 0) is 13.1 Å². The highest BCUT2D eigenvalue weighted by atomic mass is 16.5. The zero-order chi connectivity index (χ0) is 28.0. The average molecular weight is 536 g/mol. The van der Waals surface area contributed by atoms with Gasteiger partial charge >= 0.3 is 0 Å². The summed E-state index contributed by atoms with van der Waals surface area (Å²) >= 11 is 0. The standard InChI is InChI=1S/C36H29N3O2/c1-40-30-19-16-29(17-20-30)34-32-21-18-28-14-8-9-15-31(28)35(32)41-36(33(34)22-37)38-25-39(23-26-10-4-2-5-11-26)24-27-12-6-3-7-13-27/h2-21,25,34H,23-24H2,1H3. The monoisotopic (exact) mass is 535 g/mol. The van der Waals surface area contributed by atoms with Crippen LogP contribution in [0.3, 0.4) is 0 Å². The van der Waals surface area contributed by atoms with Gasteiger partial charge in [0.2, 0.25) is 5.88 Å². The molecule has 0 aliphatic carbocycles. The third kappa shape index (κ3) is 5.54. The topological polar surface area (TPSA) is 57.8 Å². The quantitative estimate of drug-likeness (QED) is 0.150. The molecule has 6 rings (SSSR count). The largest absolute Gasteiger partial charge is 0.497 e. The van der Waals surface area contributed by atoms with Crippen molar-refractivity contribution in [1.82, 2.24) is 4.90 Å². The number of nitrogens with zero attached hydrogens (tertiary/aromatic N) is 3. The zero-order valence-electron chi connectivity index (χ0n) is 22.8. The Labute approximate surface area is 240 Å². The zero-order valence-corrected chi connectivity index (χ0v) is 22.8. The van der Waals surface area contributed by atoms with Crippen molar-refractivity contribution >= 4 is 17.1 Å². The van der Waals surface area contributed by atoms with E-state index in [1.165, 1.54) is 11.1 Å². The van der Waals surface area contributed by atoms with Crippen LogP contribution in [0.2, 0.25) is 0 Å². The lowest BCUT2D eigenvalue weighted by Gasteiger charge is -2.28. The van der Waals surface area contributed by atoms with E-state index in [1.54, 1.807) is 13.4 Å². The summed E-state index contributed by atoms with van der Waals surface area (Å²) in [6.07, 6.45) is 1.80. The van der Waals surface area contributed by atoms with Crippen molar-refractivity contribution in [2.75, 3.05) is 7.11 Å². The minimum Gasteiger partial charge on any atom is -0.497 e. The molecular formula is C36H29N3O2. The second-order valence-corrected chi connectivity index (χ2v) is 9.96. The van der Waals surface area contributed by atoms with E-state index in [0.717, 1.165) is 33.4 Å². The fraction of sp³-hybridized carbons (Fsp3) is 0.111. The first-order chi connectivity index (χ1) is 20.2. The minimum absolute atomic E-state index is 0.309. The summed E-state index contributed by atoms with van der Waals surface area (Å²) in [7, 11) is 1.65. The van der Waals surface area contributed by atoms with Gasteiger partial charge in [-0.15, -0.1) is 0 Å². The van der Waals surface area contributed by atoms with E-state index in [1.807, 2.05) is 72.8 Å². The van der Waals surface area contributed by atoms with Gasteiger partial charge in [0, 0.05) is 24.0 Å². The number of benzene rings is 5. The predicted molar refractivity (Wildman–Crippen MR) is 163 cm³/mol. The summed E-state index contributed by atoms with van der Waals surface area (Å²) in [5.74, 6) is 1.47. The summed E-state index contributed by atoms with van der Waals surface area (Å²) < 4.78 is 11.9. The molecule has 0 bridgehead atoms. The van der Waals surface area contributed by atoms with Crippen molar-refractivity contribution in [3.63, 3.8) is 0 Å². The highest BCUT2D eigenvalue weighted by Crippen LogP contribution is 2.46. The molecule has 0 amide bonds. The number of aliphatic imine (C=N–C) groups is 1. The van der Waals surface area contributed by atoms with Crippen LogP contribution in [0.5, 0.6) is 11.5 Å². The molecule has 0 radical (unpaired) electrons. The maximum atomic E-state index is 10.5. The SMILES string of the molecule is COc1ccc(C2C(C#N)=C(N=CN(Cc3ccccc3)Cc3ccccc3)Oc3c2ccc2ccccc32)cc1. The van der Waals surface area contributed by atoms with Crippen LogP contribution in [0, 0.1) is 11.3 Å². The average Bonchev–Trinajstić information content (AvgIpc) is 3.04. The van der Waals surface area contributed by atoms with Crippen LogP contribution in [-0.4, -0.2) is 18.3 Å². The molecule has 0 N–H and O–H groups in total. The van der Waals surface area contributed by atoms with Crippen molar-refractivity contribution in [2.45, 2.75) is 19.0 Å². The number of hydrogen-bond acceptors (Lipinski definition) is 4. The number of allylic oxidation sites excluding steroid dienone is 1. The van der Waals surface area contributed by atoms with Gasteiger partial charge < -0.3 is 14.4 Å². The Morgan fingerprint density at radius 2 is 1.44 bits per heavy atom. The van der Waals surface area contributed by atoms with Gasteiger partial charge in [-0.2, -0.15) is 5.26 Å². The van der Waals surface area contributed by atoms with E-state index < -0.39 is 0 Å². The normalized spacial score (nSPS) is 14.4. The molecule has 0 saturated carbocycles. The summed E-state index contributed by atoms with van der Waals surface area (Å²) in [5, 5.41) is 12.5. The molecule has 1 aliphatic rings.